The van der Waals surface area contributed by atoms with Gasteiger partial charge < -0.3 is 10.1 Å². The molecule has 0 saturated heterocycles. The second-order valence-corrected chi connectivity index (χ2v) is 6.63. The smallest absolute Gasteiger partial charge is 0.258 e. The first-order valence-electron chi connectivity index (χ1n) is 8.46. The number of aryl methyl sites for hydroxylation is 2. The zero-order chi connectivity index (χ0) is 17.7. The van der Waals surface area contributed by atoms with Crippen molar-refractivity contribution in [1.82, 2.24) is 5.32 Å². The summed E-state index contributed by atoms with van der Waals surface area (Å²) in [7, 11) is 0. The molecule has 1 amide bonds. The summed E-state index contributed by atoms with van der Waals surface area (Å²) < 4.78 is 5.73. The van der Waals surface area contributed by atoms with Crippen LogP contribution in [0.15, 0.2) is 42.5 Å². The third kappa shape index (κ3) is 4.60. The minimum absolute atomic E-state index is 0.0268. The summed E-state index contributed by atoms with van der Waals surface area (Å²) in [6.45, 7) is 10.4. The molecule has 0 aromatic heterocycles. The molecule has 0 fully saturated rings. The number of rotatable bonds is 6. The van der Waals surface area contributed by atoms with E-state index in [4.69, 9.17) is 4.74 Å². The maximum Gasteiger partial charge on any atom is 0.258 e. The largest absolute Gasteiger partial charge is 0.483 e. The highest BCUT2D eigenvalue weighted by Gasteiger charge is 2.13. The van der Waals surface area contributed by atoms with Crippen LogP contribution in [-0.2, 0) is 4.79 Å². The number of carbonyl (C=O) groups excluding carboxylic acids is 1. The van der Waals surface area contributed by atoms with E-state index in [9.17, 15) is 4.79 Å². The molecular weight excluding hydrogens is 298 g/mol. The summed E-state index contributed by atoms with van der Waals surface area (Å²) in [4.78, 5) is 12.2. The fourth-order valence-electron chi connectivity index (χ4n) is 2.90. The molecule has 0 bridgehead atoms. The Labute approximate surface area is 145 Å². The summed E-state index contributed by atoms with van der Waals surface area (Å²) >= 11 is 0. The Bertz CT molecular complexity index is 707. The molecule has 0 spiro atoms. The minimum Gasteiger partial charge on any atom is -0.483 e. The zero-order valence-corrected chi connectivity index (χ0v) is 15.2. The summed E-state index contributed by atoms with van der Waals surface area (Å²) in [5.74, 6) is 1.03. The van der Waals surface area contributed by atoms with Gasteiger partial charge in [0, 0.05) is 0 Å². The number of hydrogen-bond acceptors (Lipinski definition) is 2. The second-order valence-electron chi connectivity index (χ2n) is 6.63. The van der Waals surface area contributed by atoms with Gasteiger partial charge in [-0.25, -0.2) is 0 Å². The van der Waals surface area contributed by atoms with Crippen LogP contribution in [0.1, 0.15) is 55.0 Å². The third-order valence-electron chi connectivity index (χ3n) is 4.17. The lowest BCUT2D eigenvalue weighted by Crippen LogP contribution is -2.31. The molecule has 2 aromatic carbocycles. The van der Waals surface area contributed by atoms with Gasteiger partial charge in [-0.3, -0.25) is 4.79 Å². The molecule has 0 saturated carbocycles. The number of para-hydroxylation sites is 1. The van der Waals surface area contributed by atoms with Crippen molar-refractivity contribution < 1.29 is 9.53 Å². The molecule has 1 unspecified atom stereocenters. The van der Waals surface area contributed by atoms with Crippen molar-refractivity contribution >= 4 is 5.91 Å². The van der Waals surface area contributed by atoms with E-state index in [1.54, 1.807) is 0 Å². The van der Waals surface area contributed by atoms with E-state index in [-0.39, 0.29) is 18.6 Å². The number of amides is 1. The summed E-state index contributed by atoms with van der Waals surface area (Å²) in [6.07, 6.45) is 0. The number of nitrogens with one attached hydrogen (secondary N) is 1. The van der Waals surface area contributed by atoms with Gasteiger partial charge in [-0.1, -0.05) is 55.8 Å². The van der Waals surface area contributed by atoms with Crippen LogP contribution in [0.25, 0.3) is 0 Å². The number of carbonyl (C=O) groups is 1. The molecule has 0 radical (unpaired) electrons. The lowest BCUT2D eigenvalue weighted by atomic mass is 10.0. The van der Waals surface area contributed by atoms with Crippen molar-refractivity contribution in [1.29, 1.82) is 0 Å². The van der Waals surface area contributed by atoms with Gasteiger partial charge in [0.2, 0.25) is 0 Å². The normalized spacial score (nSPS) is 12.1. The molecular formula is C21H27NO2. The molecule has 24 heavy (non-hydrogen) atoms. The summed E-state index contributed by atoms with van der Waals surface area (Å²) in [6, 6.07) is 14.1. The average molecular weight is 325 g/mol. The first-order chi connectivity index (χ1) is 11.4. The predicted octanol–water partition coefficient (Wildman–Crippen LogP) is 4.68. The molecule has 0 aliphatic rings. The third-order valence-corrected chi connectivity index (χ3v) is 4.17. The van der Waals surface area contributed by atoms with Crippen LogP contribution in [0, 0.1) is 13.8 Å². The molecule has 0 aliphatic carbocycles. The van der Waals surface area contributed by atoms with Crippen molar-refractivity contribution in [2.45, 2.75) is 46.6 Å². The fraction of sp³-hybridized carbons (Fsp3) is 0.381. The fourth-order valence-corrected chi connectivity index (χ4v) is 2.90. The van der Waals surface area contributed by atoms with Crippen LogP contribution in [0.2, 0.25) is 0 Å². The standard InChI is InChI=1S/C21H27NO2/c1-14(2)18-8-6-7-9-20(18)24-13-21(23)22-17(5)19-11-10-15(3)12-16(19)4/h6-12,14,17H,13H2,1-5H3,(H,22,23). The van der Waals surface area contributed by atoms with E-state index < -0.39 is 0 Å². The molecule has 3 nitrogen and oxygen atoms in total. The molecule has 1 N–H and O–H groups in total. The predicted molar refractivity (Wildman–Crippen MR) is 98.5 cm³/mol. The minimum atomic E-state index is -0.110. The van der Waals surface area contributed by atoms with Crippen LogP contribution < -0.4 is 10.1 Å². The van der Waals surface area contributed by atoms with Crippen molar-refractivity contribution in [3.63, 3.8) is 0 Å². The second kappa shape index (κ2) is 8.00. The molecule has 2 rings (SSSR count). The molecule has 0 aliphatic heterocycles. The summed E-state index contributed by atoms with van der Waals surface area (Å²) in [5, 5.41) is 3.01. The lowest BCUT2D eigenvalue weighted by molar-refractivity contribution is -0.123. The number of hydrogen-bond donors (Lipinski definition) is 1. The molecule has 3 heteroatoms. The molecule has 128 valence electrons. The van der Waals surface area contributed by atoms with Gasteiger partial charge >= 0.3 is 0 Å². The van der Waals surface area contributed by atoms with Crippen molar-refractivity contribution in [3.8, 4) is 5.75 Å². The van der Waals surface area contributed by atoms with E-state index in [0.717, 1.165) is 16.9 Å². The number of ether oxygens (including phenoxy) is 1. The monoisotopic (exact) mass is 325 g/mol. The molecule has 2 aromatic rings. The van der Waals surface area contributed by atoms with Gasteiger partial charge in [-0.2, -0.15) is 0 Å². The van der Waals surface area contributed by atoms with Crippen LogP contribution in [0.3, 0.4) is 0 Å². The van der Waals surface area contributed by atoms with Gasteiger partial charge in [0.15, 0.2) is 6.61 Å². The van der Waals surface area contributed by atoms with Gasteiger partial charge in [0.05, 0.1) is 6.04 Å². The number of benzene rings is 2. The van der Waals surface area contributed by atoms with Crippen LogP contribution >= 0.6 is 0 Å². The average Bonchev–Trinajstić information content (AvgIpc) is 2.52. The Balaban J connectivity index is 1.96. The van der Waals surface area contributed by atoms with Gasteiger partial charge in [-0.05, 0) is 49.4 Å². The quantitative estimate of drug-likeness (QED) is 0.837. The highest BCUT2D eigenvalue weighted by molar-refractivity contribution is 5.78. The van der Waals surface area contributed by atoms with Crippen molar-refractivity contribution in [2.75, 3.05) is 6.61 Å². The maximum absolute atomic E-state index is 12.2. The van der Waals surface area contributed by atoms with E-state index in [1.807, 2.05) is 31.2 Å². The maximum atomic E-state index is 12.2. The van der Waals surface area contributed by atoms with Gasteiger partial charge in [0.25, 0.3) is 5.91 Å². The Morgan fingerprint density at radius 2 is 1.75 bits per heavy atom. The van der Waals surface area contributed by atoms with Gasteiger partial charge in [0.1, 0.15) is 5.75 Å². The highest BCUT2D eigenvalue weighted by Crippen LogP contribution is 2.25. The molecule has 0 heterocycles. The van der Waals surface area contributed by atoms with Crippen molar-refractivity contribution in [2.24, 2.45) is 0 Å². The van der Waals surface area contributed by atoms with E-state index in [1.165, 1.54) is 11.1 Å². The Hall–Kier alpha value is -2.29. The SMILES string of the molecule is Cc1ccc(C(C)NC(=O)COc2ccccc2C(C)C)c(C)c1. The van der Waals surface area contributed by atoms with Crippen molar-refractivity contribution in [3.05, 3.63) is 64.7 Å². The Kier molecular flexibility index (Phi) is 6.02. The topological polar surface area (TPSA) is 38.3 Å². The lowest BCUT2D eigenvalue weighted by Gasteiger charge is -2.18. The zero-order valence-electron chi connectivity index (χ0n) is 15.2. The highest BCUT2D eigenvalue weighted by atomic mass is 16.5. The van der Waals surface area contributed by atoms with Crippen LogP contribution in [0.5, 0.6) is 5.75 Å². The van der Waals surface area contributed by atoms with E-state index in [2.05, 4.69) is 51.2 Å². The first-order valence-corrected chi connectivity index (χ1v) is 8.46. The van der Waals surface area contributed by atoms with Crippen LogP contribution in [0.4, 0.5) is 0 Å². The van der Waals surface area contributed by atoms with E-state index in [0.29, 0.717) is 5.92 Å². The first kappa shape index (κ1) is 18.1. The molecule has 1 atom stereocenters. The van der Waals surface area contributed by atoms with E-state index >= 15 is 0 Å². The Morgan fingerprint density at radius 3 is 2.42 bits per heavy atom. The Morgan fingerprint density at radius 1 is 1.04 bits per heavy atom. The van der Waals surface area contributed by atoms with Crippen LogP contribution in [-0.4, -0.2) is 12.5 Å². The van der Waals surface area contributed by atoms with Gasteiger partial charge in [-0.15, -0.1) is 0 Å². The summed E-state index contributed by atoms with van der Waals surface area (Å²) in [5.41, 5.74) is 4.67.